The van der Waals surface area contributed by atoms with Gasteiger partial charge in [0, 0.05) is 10.7 Å². The molecule has 1 heterocycles. The molecular weight excluding hydrogens is 280 g/mol. The summed E-state index contributed by atoms with van der Waals surface area (Å²) in [6, 6.07) is 1.82. The number of pyridine rings is 1. The molecule has 1 rings (SSSR count). The zero-order valence-electron chi connectivity index (χ0n) is 8.62. The number of aromatic nitrogens is 1. The summed E-state index contributed by atoms with van der Waals surface area (Å²) in [6.07, 6.45) is 2.15. The molecule has 0 spiro atoms. The van der Waals surface area contributed by atoms with Crippen molar-refractivity contribution in [2.24, 2.45) is 0 Å². The number of nitrogens with zero attached hydrogens (tertiary/aromatic N) is 1. The Balaban J connectivity index is 2.90. The van der Waals surface area contributed by atoms with Gasteiger partial charge in [0.1, 0.15) is 5.82 Å². The molecule has 0 aliphatic rings. The van der Waals surface area contributed by atoms with Crippen LogP contribution >= 0.6 is 15.9 Å². The van der Waals surface area contributed by atoms with Crippen molar-refractivity contribution in [1.29, 1.82) is 0 Å². The summed E-state index contributed by atoms with van der Waals surface area (Å²) >= 11 is 3.27. The Morgan fingerprint density at radius 2 is 2.20 bits per heavy atom. The summed E-state index contributed by atoms with van der Waals surface area (Å²) in [7, 11) is -3.25. The number of nitrogens with one attached hydrogen (secondary N) is 1. The van der Waals surface area contributed by atoms with E-state index in [-0.39, 0.29) is 5.75 Å². The van der Waals surface area contributed by atoms with Gasteiger partial charge < -0.3 is 0 Å². The van der Waals surface area contributed by atoms with Gasteiger partial charge in [-0.25, -0.2) is 13.4 Å². The maximum atomic E-state index is 11.5. The molecule has 1 aromatic heterocycles. The van der Waals surface area contributed by atoms with E-state index in [4.69, 9.17) is 0 Å². The zero-order chi connectivity index (χ0) is 11.5. The van der Waals surface area contributed by atoms with Crippen LogP contribution in [0.4, 0.5) is 5.82 Å². The normalized spacial score (nSPS) is 11.4. The number of hydrogen-bond acceptors (Lipinski definition) is 3. The van der Waals surface area contributed by atoms with Crippen molar-refractivity contribution >= 4 is 31.8 Å². The van der Waals surface area contributed by atoms with Crippen LogP contribution in [0.1, 0.15) is 18.9 Å². The highest BCUT2D eigenvalue weighted by Gasteiger charge is 2.11. The number of anilines is 1. The number of rotatable bonds is 4. The smallest absolute Gasteiger partial charge is 0.233 e. The maximum Gasteiger partial charge on any atom is 0.233 e. The quantitative estimate of drug-likeness (QED) is 0.926. The minimum absolute atomic E-state index is 0.115. The van der Waals surface area contributed by atoms with Crippen molar-refractivity contribution in [2.75, 3.05) is 10.5 Å². The summed E-state index contributed by atoms with van der Waals surface area (Å²) in [5.74, 6) is 0.510. The molecule has 0 aliphatic heterocycles. The van der Waals surface area contributed by atoms with E-state index in [1.165, 1.54) is 0 Å². The van der Waals surface area contributed by atoms with Crippen molar-refractivity contribution in [3.8, 4) is 0 Å². The van der Waals surface area contributed by atoms with E-state index in [0.717, 1.165) is 10.0 Å². The third-order valence-corrected chi connectivity index (χ3v) is 3.65. The van der Waals surface area contributed by atoms with Crippen LogP contribution in [0.15, 0.2) is 16.7 Å². The third kappa shape index (κ3) is 3.79. The molecule has 0 aromatic carbocycles. The van der Waals surface area contributed by atoms with E-state index in [1.807, 2.05) is 19.9 Å². The highest BCUT2D eigenvalue weighted by molar-refractivity contribution is 9.10. The molecule has 0 fully saturated rings. The lowest BCUT2D eigenvalue weighted by atomic mass is 10.3. The van der Waals surface area contributed by atoms with E-state index in [1.54, 1.807) is 6.20 Å². The summed E-state index contributed by atoms with van der Waals surface area (Å²) in [6.45, 7) is 3.63. The van der Waals surface area contributed by atoms with Crippen molar-refractivity contribution in [3.63, 3.8) is 0 Å². The van der Waals surface area contributed by atoms with Crippen LogP contribution in [-0.2, 0) is 10.0 Å². The average Bonchev–Trinajstić information content (AvgIpc) is 2.09. The van der Waals surface area contributed by atoms with E-state index < -0.39 is 10.0 Å². The van der Waals surface area contributed by atoms with Gasteiger partial charge in [0.25, 0.3) is 0 Å². The third-order valence-electron chi connectivity index (χ3n) is 1.77. The van der Waals surface area contributed by atoms with Gasteiger partial charge >= 0.3 is 0 Å². The van der Waals surface area contributed by atoms with Gasteiger partial charge in [-0.3, -0.25) is 4.72 Å². The van der Waals surface area contributed by atoms with Crippen LogP contribution in [0, 0.1) is 6.92 Å². The SMILES string of the molecule is CCCS(=O)(=O)Nc1ncc(Br)cc1C. The van der Waals surface area contributed by atoms with Gasteiger partial charge in [-0.2, -0.15) is 0 Å². The lowest BCUT2D eigenvalue weighted by Gasteiger charge is -2.08. The molecule has 0 saturated heterocycles. The highest BCUT2D eigenvalue weighted by atomic mass is 79.9. The van der Waals surface area contributed by atoms with Gasteiger partial charge in [0.2, 0.25) is 10.0 Å². The Bertz CT molecular complexity index is 445. The molecular formula is C9H13BrN2O2S. The molecule has 0 aliphatic carbocycles. The first kappa shape index (κ1) is 12.4. The molecule has 6 heteroatoms. The van der Waals surface area contributed by atoms with Crippen LogP contribution in [0.25, 0.3) is 0 Å². The molecule has 1 N–H and O–H groups in total. The molecule has 0 amide bonds. The van der Waals surface area contributed by atoms with Crippen molar-refractivity contribution in [3.05, 3.63) is 22.3 Å². The first-order chi connectivity index (χ1) is 6.94. The van der Waals surface area contributed by atoms with Crippen molar-refractivity contribution < 1.29 is 8.42 Å². The largest absolute Gasteiger partial charge is 0.267 e. The van der Waals surface area contributed by atoms with Crippen LogP contribution in [0.2, 0.25) is 0 Å². The van der Waals surface area contributed by atoms with Crippen LogP contribution < -0.4 is 4.72 Å². The van der Waals surface area contributed by atoms with Crippen molar-refractivity contribution in [1.82, 2.24) is 4.98 Å². The van der Waals surface area contributed by atoms with E-state index in [0.29, 0.717) is 12.2 Å². The van der Waals surface area contributed by atoms with E-state index >= 15 is 0 Å². The minimum atomic E-state index is -3.25. The average molecular weight is 293 g/mol. The fourth-order valence-electron chi connectivity index (χ4n) is 1.11. The molecule has 1 aromatic rings. The lowest BCUT2D eigenvalue weighted by molar-refractivity contribution is 0.599. The highest BCUT2D eigenvalue weighted by Crippen LogP contribution is 2.17. The topological polar surface area (TPSA) is 59.1 Å². The standard InChI is InChI=1S/C9H13BrN2O2S/c1-3-4-15(13,14)12-9-7(2)5-8(10)6-11-9/h5-6H,3-4H2,1-2H3,(H,11,12). The number of sulfonamides is 1. The zero-order valence-corrected chi connectivity index (χ0v) is 11.0. The Kier molecular flexibility index (Phi) is 4.10. The van der Waals surface area contributed by atoms with Crippen LogP contribution in [0.5, 0.6) is 0 Å². The molecule has 84 valence electrons. The molecule has 0 bridgehead atoms. The minimum Gasteiger partial charge on any atom is -0.267 e. The summed E-state index contributed by atoms with van der Waals surface area (Å²) in [4.78, 5) is 4.01. The molecule has 0 unspecified atom stereocenters. The molecule has 0 saturated carbocycles. The van der Waals surface area contributed by atoms with E-state index in [9.17, 15) is 8.42 Å². The number of aryl methyl sites for hydroxylation is 1. The Morgan fingerprint density at radius 3 is 2.73 bits per heavy atom. The van der Waals surface area contributed by atoms with Gasteiger partial charge in [0.05, 0.1) is 5.75 Å². The van der Waals surface area contributed by atoms with Gasteiger partial charge in [-0.05, 0) is 40.9 Å². The second-order valence-electron chi connectivity index (χ2n) is 3.24. The summed E-state index contributed by atoms with van der Waals surface area (Å²) < 4.78 is 26.2. The fraction of sp³-hybridized carbons (Fsp3) is 0.444. The van der Waals surface area contributed by atoms with Gasteiger partial charge in [0.15, 0.2) is 0 Å². The second kappa shape index (κ2) is 4.94. The molecule has 0 atom stereocenters. The van der Waals surface area contributed by atoms with Crippen molar-refractivity contribution in [2.45, 2.75) is 20.3 Å². The van der Waals surface area contributed by atoms with Crippen LogP contribution in [-0.4, -0.2) is 19.2 Å². The van der Waals surface area contributed by atoms with Gasteiger partial charge in [-0.1, -0.05) is 6.92 Å². The first-order valence-corrected chi connectivity index (χ1v) is 7.02. The fourth-order valence-corrected chi connectivity index (χ4v) is 2.71. The number of hydrogen-bond donors (Lipinski definition) is 1. The first-order valence-electron chi connectivity index (χ1n) is 4.57. The molecule has 4 nitrogen and oxygen atoms in total. The van der Waals surface area contributed by atoms with E-state index in [2.05, 4.69) is 25.6 Å². The number of halogens is 1. The molecule has 0 radical (unpaired) electrons. The lowest BCUT2D eigenvalue weighted by Crippen LogP contribution is -2.17. The maximum absolute atomic E-state index is 11.5. The summed E-state index contributed by atoms with van der Waals surface area (Å²) in [5.41, 5.74) is 0.795. The Labute approximate surface area is 98.3 Å². The predicted molar refractivity (Wildman–Crippen MR) is 64.4 cm³/mol. The Hall–Kier alpha value is -0.620. The predicted octanol–water partition coefficient (Wildman–Crippen LogP) is 2.30. The Morgan fingerprint density at radius 1 is 1.53 bits per heavy atom. The van der Waals surface area contributed by atoms with Gasteiger partial charge in [-0.15, -0.1) is 0 Å². The monoisotopic (exact) mass is 292 g/mol. The molecule has 15 heavy (non-hydrogen) atoms. The van der Waals surface area contributed by atoms with Crippen LogP contribution in [0.3, 0.4) is 0 Å². The summed E-state index contributed by atoms with van der Waals surface area (Å²) in [5, 5.41) is 0. The second-order valence-corrected chi connectivity index (χ2v) is 6.00.